The molecule has 15 heteroatoms. The molecule has 0 unspecified atom stereocenters. The molecule has 0 saturated heterocycles. The zero-order chi connectivity index (χ0) is 32.8. The standard InChI is InChI=1S/C29H33F3O11P/c1-34-16-10-19(37-4)25(20(11-16)38-5)44(43-28(33)29(30,31)32,26-21(39-6)12-17(35-2)13-22(26)40-7)27-23(41-8)14-18(36-3)15-24(27)42-9/h10-15H,1-9H3/q+1. The van der Waals surface area contributed by atoms with Gasteiger partial charge in [0, 0.05) is 36.4 Å². The van der Waals surface area contributed by atoms with Crippen molar-refractivity contribution in [1.29, 1.82) is 0 Å². The lowest BCUT2D eigenvalue weighted by molar-refractivity contribution is -0.189. The fraction of sp³-hybridized carbons (Fsp3) is 0.345. The summed E-state index contributed by atoms with van der Waals surface area (Å²) < 4.78 is 99.0. The minimum Gasteiger partial charge on any atom is -0.496 e. The third kappa shape index (κ3) is 6.12. The molecule has 0 aromatic heterocycles. The lowest BCUT2D eigenvalue weighted by Crippen LogP contribution is -2.40. The van der Waals surface area contributed by atoms with E-state index in [1.807, 2.05) is 0 Å². The third-order valence-corrected chi connectivity index (χ3v) is 10.1. The van der Waals surface area contributed by atoms with E-state index in [0.717, 1.165) is 0 Å². The van der Waals surface area contributed by atoms with Crippen molar-refractivity contribution in [1.82, 2.24) is 0 Å². The molecule has 0 saturated carbocycles. The first-order valence-electron chi connectivity index (χ1n) is 12.6. The van der Waals surface area contributed by atoms with Gasteiger partial charge in [0.25, 0.3) is 0 Å². The summed E-state index contributed by atoms with van der Waals surface area (Å²) in [5.41, 5.74) is 0. The van der Waals surface area contributed by atoms with Crippen LogP contribution in [0.15, 0.2) is 36.4 Å². The predicted molar refractivity (Wildman–Crippen MR) is 156 cm³/mol. The van der Waals surface area contributed by atoms with E-state index in [0.29, 0.717) is 0 Å². The number of methoxy groups -OCH3 is 9. The molecule has 0 aliphatic heterocycles. The summed E-state index contributed by atoms with van der Waals surface area (Å²) in [6.45, 7) is 0. The Bertz CT molecular complexity index is 1270. The molecule has 44 heavy (non-hydrogen) atoms. The first-order valence-corrected chi connectivity index (χ1v) is 14.3. The maximum absolute atomic E-state index is 14.3. The van der Waals surface area contributed by atoms with Crippen LogP contribution in [-0.2, 0) is 9.32 Å². The predicted octanol–water partition coefficient (Wildman–Crippen LogP) is 4.08. The largest absolute Gasteiger partial charge is 0.496 e. The summed E-state index contributed by atoms with van der Waals surface area (Å²) in [5, 5.41) is -0.363. The zero-order valence-corrected chi connectivity index (χ0v) is 26.4. The van der Waals surface area contributed by atoms with Crippen LogP contribution >= 0.6 is 7.49 Å². The fourth-order valence-electron chi connectivity index (χ4n) is 4.54. The number of halogens is 3. The molecule has 11 nitrogen and oxygen atoms in total. The molecule has 3 rings (SSSR count). The van der Waals surface area contributed by atoms with Gasteiger partial charge in [-0.05, 0) is 0 Å². The number of rotatable bonds is 13. The number of hydrogen-bond donors (Lipinski definition) is 0. The van der Waals surface area contributed by atoms with E-state index in [1.54, 1.807) is 0 Å². The van der Waals surface area contributed by atoms with E-state index in [4.69, 9.17) is 47.2 Å². The van der Waals surface area contributed by atoms with Gasteiger partial charge in [-0.15, -0.1) is 0 Å². The second-order valence-corrected chi connectivity index (χ2v) is 11.4. The molecule has 3 aromatic carbocycles. The minimum atomic E-state index is -5.46. The number of ether oxygens (including phenoxy) is 9. The zero-order valence-electron chi connectivity index (χ0n) is 25.5. The summed E-state index contributed by atoms with van der Waals surface area (Å²) in [5.74, 6) is -2.25. The van der Waals surface area contributed by atoms with Gasteiger partial charge in [-0.25, -0.2) is 4.79 Å². The molecule has 0 spiro atoms. The first kappa shape index (κ1) is 34.0. The van der Waals surface area contributed by atoms with E-state index in [2.05, 4.69) is 0 Å². The number of carbonyl (C=O) groups is 1. The van der Waals surface area contributed by atoms with Crippen LogP contribution in [0, 0.1) is 0 Å². The topological polar surface area (TPSA) is 109 Å². The maximum atomic E-state index is 14.3. The van der Waals surface area contributed by atoms with Gasteiger partial charge in [0.1, 0.15) is 17.2 Å². The Morgan fingerprint density at radius 2 is 0.705 bits per heavy atom. The van der Waals surface area contributed by atoms with Gasteiger partial charge in [0.2, 0.25) is 15.9 Å². The molecule has 0 bridgehead atoms. The van der Waals surface area contributed by atoms with Crippen LogP contribution in [0.1, 0.15) is 0 Å². The quantitative estimate of drug-likeness (QED) is 0.251. The van der Waals surface area contributed by atoms with E-state index < -0.39 is 19.6 Å². The lowest BCUT2D eigenvalue weighted by atomic mass is 10.3. The van der Waals surface area contributed by atoms with Gasteiger partial charge in [-0.2, -0.15) is 13.2 Å². The SMILES string of the molecule is COc1cc(OC)c([P+](OC(=O)C(F)(F)F)(c2c(OC)cc(OC)cc2OC)c2c(OC)cc(OC)cc2OC)c(OC)c1. The Kier molecular flexibility index (Phi) is 10.7. The normalized spacial score (nSPS) is 11.3. The Labute approximate surface area is 253 Å². The molecule has 0 atom stereocenters. The average molecular weight is 646 g/mol. The van der Waals surface area contributed by atoms with Crippen molar-refractivity contribution < 1.29 is 65.1 Å². The second-order valence-electron chi connectivity index (χ2n) is 8.63. The van der Waals surface area contributed by atoms with Crippen molar-refractivity contribution in [3.63, 3.8) is 0 Å². The highest BCUT2D eigenvalue weighted by atomic mass is 31.2. The summed E-state index contributed by atoms with van der Waals surface area (Å²) in [6, 6.07) is 8.41. The van der Waals surface area contributed by atoms with Crippen LogP contribution in [-0.4, -0.2) is 76.1 Å². The smallest absolute Gasteiger partial charge is 0.495 e. The van der Waals surface area contributed by atoms with Gasteiger partial charge < -0.3 is 42.6 Å². The minimum absolute atomic E-state index is 0.0654. The van der Waals surface area contributed by atoms with Crippen molar-refractivity contribution >= 4 is 29.4 Å². The number of alkyl halides is 3. The van der Waals surface area contributed by atoms with Gasteiger partial charge in [0.05, 0.1) is 64.0 Å². The van der Waals surface area contributed by atoms with Crippen molar-refractivity contribution in [2.75, 3.05) is 64.0 Å². The molecule has 0 aliphatic rings. The van der Waals surface area contributed by atoms with Crippen LogP contribution < -0.4 is 58.5 Å². The van der Waals surface area contributed by atoms with E-state index >= 15 is 0 Å². The van der Waals surface area contributed by atoms with Gasteiger partial charge in [-0.3, -0.25) is 4.52 Å². The van der Waals surface area contributed by atoms with Crippen LogP contribution in [0.3, 0.4) is 0 Å². The molecule has 0 aliphatic carbocycles. The molecular weight excluding hydrogens is 612 g/mol. The van der Waals surface area contributed by atoms with Gasteiger partial charge in [0.15, 0.2) is 34.5 Å². The number of benzene rings is 3. The van der Waals surface area contributed by atoms with E-state index in [9.17, 15) is 18.0 Å². The maximum Gasteiger partial charge on any atom is 0.495 e. The van der Waals surface area contributed by atoms with Crippen molar-refractivity contribution in [2.45, 2.75) is 6.18 Å². The summed E-state index contributed by atoms with van der Waals surface area (Å²) in [6.07, 6.45) is -5.46. The molecule has 0 amide bonds. The highest BCUT2D eigenvalue weighted by Crippen LogP contribution is 2.67. The second kappa shape index (κ2) is 13.9. The van der Waals surface area contributed by atoms with Crippen molar-refractivity contribution in [2.24, 2.45) is 0 Å². The molecule has 3 aromatic rings. The lowest BCUT2D eigenvalue weighted by Gasteiger charge is -2.31. The van der Waals surface area contributed by atoms with Crippen LogP contribution in [0.4, 0.5) is 13.2 Å². The Hall–Kier alpha value is -4.45. The molecule has 0 radical (unpaired) electrons. The van der Waals surface area contributed by atoms with Crippen LogP contribution in [0.5, 0.6) is 51.7 Å². The fourth-order valence-corrected chi connectivity index (χ4v) is 8.64. The highest BCUT2D eigenvalue weighted by molar-refractivity contribution is 7.93. The highest BCUT2D eigenvalue weighted by Gasteiger charge is 2.65. The Morgan fingerprint density at radius 1 is 0.477 bits per heavy atom. The summed E-state index contributed by atoms with van der Waals surface area (Å²) >= 11 is 0. The van der Waals surface area contributed by atoms with Crippen molar-refractivity contribution in [3.05, 3.63) is 36.4 Å². The Balaban J connectivity index is 2.87. The van der Waals surface area contributed by atoms with E-state index in [-0.39, 0.29) is 67.7 Å². The van der Waals surface area contributed by atoms with E-state index in [1.165, 1.54) is 100 Å². The number of carbonyl (C=O) groups excluding carboxylic acids is 1. The first-order chi connectivity index (χ1) is 20.9. The van der Waals surface area contributed by atoms with Gasteiger partial charge >= 0.3 is 19.6 Å². The molecular formula is C29H33F3O11P+. The molecule has 0 N–H and O–H groups in total. The molecule has 240 valence electrons. The monoisotopic (exact) mass is 645 g/mol. The Morgan fingerprint density at radius 3 is 0.864 bits per heavy atom. The third-order valence-electron chi connectivity index (χ3n) is 6.46. The number of hydrogen-bond acceptors (Lipinski definition) is 11. The molecule has 0 heterocycles. The summed E-state index contributed by atoms with van der Waals surface area (Å²) in [7, 11) is 7.22. The van der Waals surface area contributed by atoms with Gasteiger partial charge in [-0.1, -0.05) is 0 Å². The van der Waals surface area contributed by atoms with Crippen molar-refractivity contribution in [3.8, 4) is 51.7 Å². The van der Waals surface area contributed by atoms with Crippen LogP contribution in [0.25, 0.3) is 0 Å². The molecule has 0 fully saturated rings. The average Bonchev–Trinajstić information content (AvgIpc) is 3.04. The summed E-state index contributed by atoms with van der Waals surface area (Å²) in [4.78, 5) is 13.1. The van der Waals surface area contributed by atoms with Crippen LogP contribution in [0.2, 0.25) is 0 Å².